The second-order valence-electron chi connectivity index (χ2n) is 6.99. The third kappa shape index (κ3) is 1.18. The van der Waals surface area contributed by atoms with Gasteiger partial charge in [-0.1, -0.05) is 32.0 Å². The van der Waals surface area contributed by atoms with Gasteiger partial charge in [0.15, 0.2) is 0 Å². The molecule has 1 nitrogen and oxygen atoms in total. The van der Waals surface area contributed by atoms with Gasteiger partial charge in [0.1, 0.15) is 0 Å². The highest BCUT2D eigenvalue weighted by Gasteiger charge is 2.66. The standard InChI is InChI=1S/C17H23N/c1-12-8-14-11-18(15-6-4-3-5-7-15)16-9-13(2)17(14,16)10-12/h3-7,12-14,16H,8-11H2,1-2H3. The van der Waals surface area contributed by atoms with E-state index in [0.717, 1.165) is 23.8 Å². The number of anilines is 1. The SMILES string of the molecule is CC1CC2CN(c3ccccc3)C3CC(C)C23C1. The fourth-order valence-electron chi connectivity index (χ4n) is 5.44. The molecule has 2 aliphatic carbocycles. The fourth-order valence-corrected chi connectivity index (χ4v) is 5.44. The molecule has 1 heterocycles. The third-order valence-electron chi connectivity index (χ3n) is 6.14. The first-order chi connectivity index (χ1) is 8.72. The summed E-state index contributed by atoms with van der Waals surface area (Å²) in [5.41, 5.74) is 2.13. The minimum atomic E-state index is 0.676. The molecular weight excluding hydrogens is 218 g/mol. The van der Waals surface area contributed by atoms with Crippen molar-refractivity contribution >= 4 is 5.69 Å². The fraction of sp³-hybridized carbons (Fsp3) is 0.647. The normalized spacial score (nSPS) is 45.6. The second kappa shape index (κ2) is 3.53. The molecule has 1 heteroatoms. The van der Waals surface area contributed by atoms with Gasteiger partial charge in [0.05, 0.1) is 0 Å². The summed E-state index contributed by atoms with van der Waals surface area (Å²) in [5, 5.41) is 0. The topological polar surface area (TPSA) is 3.24 Å². The molecule has 1 spiro atoms. The maximum atomic E-state index is 2.72. The van der Waals surface area contributed by atoms with Crippen molar-refractivity contribution in [1.29, 1.82) is 0 Å². The van der Waals surface area contributed by atoms with E-state index in [0.29, 0.717) is 5.41 Å². The number of rotatable bonds is 1. The molecule has 4 rings (SSSR count). The Kier molecular flexibility index (Phi) is 2.13. The third-order valence-corrected chi connectivity index (χ3v) is 6.14. The zero-order valence-corrected chi connectivity index (χ0v) is 11.5. The Bertz CT molecular complexity index is 454. The number of benzene rings is 1. The summed E-state index contributed by atoms with van der Waals surface area (Å²) in [6, 6.07) is 11.9. The van der Waals surface area contributed by atoms with E-state index >= 15 is 0 Å². The molecule has 18 heavy (non-hydrogen) atoms. The molecule has 1 saturated heterocycles. The lowest BCUT2D eigenvalue weighted by Gasteiger charge is -2.53. The average Bonchev–Trinajstić information content (AvgIpc) is 2.84. The zero-order valence-electron chi connectivity index (χ0n) is 11.5. The van der Waals surface area contributed by atoms with Gasteiger partial charge in [0, 0.05) is 18.3 Å². The average molecular weight is 241 g/mol. The van der Waals surface area contributed by atoms with Crippen molar-refractivity contribution in [3.05, 3.63) is 30.3 Å². The quantitative estimate of drug-likeness (QED) is 0.719. The minimum Gasteiger partial charge on any atom is -0.368 e. The number of para-hydroxylation sites is 1. The predicted molar refractivity (Wildman–Crippen MR) is 75.7 cm³/mol. The number of hydrogen-bond donors (Lipinski definition) is 0. The minimum absolute atomic E-state index is 0.676. The van der Waals surface area contributed by atoms with E-state index in [9.17, 15) is 0 Å². The van der Waals surface area contributed by atoms with E-state index in [4.69, 9.17) is 0 Å². The van der Waals surface area contributed by atoms with Gasteiger partial charge in [-0.25, -0.2) is 0 Å². The molecule has 1 aromatic rings. The van der Waals surface area contributed by atoms with E-state index in [1.165, 1.54) is 31.5 Å². The Morgan fingerprint density at radius 2 is 1.89 bits per heavy atom. The monoisotopic (exact) mass is 241 g/mol. The Balaban J connectivity index is 1.69. The van der Waals surface area contributed by atoms with Crippen LogP contribution >= 0.6 is 0 Å². The van der Waals surface area contributed by atoms with Crippen molar-refractivity contribution in [2.45, 2.75) is 39.2 Å². The van der Waals surface area contributed by atoms with E-state index in [2.05, 4.69) is 49.1 Å². The zero-order chi connectivity index (χ0) is 12.3. The molecule has 1 aliphatic heterocycles. The summed E-state index contributed by atoms with van der Waals surface area (Å²) in [5.74, 6) is 2.87. The highest BCUT2D eigenvalue weighted by Crippen LogP contribution is 2.67. The molecule has 3 fully saturated rings. The van der Waals surface area contributed by atoms with Crippen molar-refractivity contribution in [3.63, 3.8) is 0 Å². The highest BCUT2D eigenvalue weighted by molar-refractivity contribution is 5.51. The van der Waals surface area contributed by atoms with Gasteiger partial charge in [-0.3, -0.25) is 0 Å². The maximum absolute atomic E-state index is 2.72. The van der Waals surface area contributed by atoms with Crippen LogP contribution in [0.3, 0.4) is 0 Å². The number of hydrogen-bond acceptors (Lipinski definition) is 1. The van der Waals surface area contributed by atoms with Gasteiger partial charge in [0.2, 0.25) is 0 Å². The van der Waals surface area contributed by atoms with Crippen molar-refractivity contribution in [1.82, 2.24) is 0 Å². The smallest absolute Gasteiger partial charge is 0.0368 e. The van der Waals surface area contributed by atoms with Gasteiger partial charge < -0.3 is 4.90 Å². The second-order valence-corrected chi connectivity index (χ2v) is 6.99. The molecular formula is C17H23N. The lowest BCUT2D eigenvalue weighted by Crippen LogP contribution is -2.54. The van der Waals surface area contributed by atoms with E-state index in [-0.39, 0.29) is 0 Å². The van der Waals surface area contributed by atoms with Gasteiger partial charge in [0.25, 0.3) is 0 Å². The molecule has 5 unspecified atom stereocenters. The summed E-state index contributed by atoms with van der Waals surface area (Å²) < 4.78 is 0. The molecule has 0 N–H and O–H groups in total. The summed E-state index contributed by atoms with van der Waals surface area (Å²) in [6.07, 6.45) is 4.36. The predicted octanol–water partition coefficient (Wildman–Crippen LogP) is 3.95. The van der Waals surface area contributed by atoms with Gasteiger partial charge >= 0.3 is 0 Å². The maximum Gasteiger partial charge on any atom is 0.0368 e. The summed E-state index contributed by atoms with van der Waals surface area (Å²) in [7, 11) is 0. The van der Waals surface area contributed by atoms with Crippen LogP contribution in [0.15, 0.2) is 30.3 Å². The van der Waals surface area contributed by atoms with E-state index in [1.807, 2.05) is 0 Å². The van der Waals surface area contributed by atoms with E-state index < -0.39 is 0 Å². The van der Waals surface area contributed by atoms with Crippen LogP contribution in [0.5, 0.6) is 0 Å². The van der Waals surface area contributed by atoms with Crippen LogP contribution in [-0.2, 0) is 0 Å². The van der Waals surface area contributed by atoms with Crippen molar-refractivity contribution < 1.29 is 0 Å². The van der Waals surface area contributed by atoms with Crippen molar-refractivity contribution in [2.24, 2.45) is 23.2 Å². The largest absolute Gasteiger partial charge is 0.368 e. The summed E-state index contributed by atoms with van der Waals surface area (Å²) in [4.78, 5) is 2.72. The Hall–Kier alpha value is -0.980. The van der Waals surface area contributed by atoms with Crippen LogP contribution in [0.4, 0.5) is 5.69 Å². The van der Waals surface area contributed by atoms with Crippen LogP contribution < -0.4 is 4.90 Å². The first-order valence-corrected chi connectivity index (χ1v) is 7.53. The molecule has 5 atom stereocenters. The van der Waals surface area contributed by atoms with Gasteiger partial charge in [-0.05, 0) is 54.6 Å². The first kappa shape index (κ1) is 10.9. The van der Waals surface area contributed by atoms with Gasteiger partial charge in [-0.15, -0.1) is 0 Å². The van der Waals surface area contributed by atoms with Crippen LogP contribution in [-0.4, -0.2) is 12.6 Å². The lowest BCUT2D eigenvalue weighted by molar-refractivity contribution is 0.0119. The molecule has 96 valence electrons. The highest BCUT2D eigenvalue weighted by atomic mass is 15.2. The van der Waals surface area contributed by atoms with Crippen LogP contribution in [0.1, 0.15) is 33.1 Å². The number of nitrogens with zero attached hydrogens (tertiary/aromatic N) is 1. The lowest BCUT2D eigenvalue weighted by atomic mass is 9.54. The molecule has 1 aromatic carbocycles. The Morgan fingerprint density at radius 3 is 2.56 bits per heavy atom. The molecule has 0 radical (unpaired) electrons. The molecule has 3 aliphatic rings. The Morgan fingerprint density at radius 1 is 1.11 bits per heavy atom. The van der Waals surface area contributed by atoms with Crippen LogP contribution in [0.25, 0.3) is 0 Å². The molecule has 0 bridgehead atoms. The van der Waals surface area contributed by atoms with Crippen molar-refractivity contribution in [2.75, 3.05) is 11.4 Å². The Labute approximate surface area is 110 Å². The van der Waals surface area contributed by atoms with Crippen molar-refractivity contribution in [3.8, 4) is 0 Å². The van der Waals surface area contributed by atoms with Crippen LogP contribution in [0.2, 0.25) is 0 Å². The first-order valence-electron chi connectivity index (χ1n) is 7.53. The van der Waals surface area contributed by atoms with E-state index in [1.54, 1.807) is 0 Å². The van der Waals surface area contributed by atoms with Crippen LogP contribution in [0, 0.1) is 23.2 Å². The summed E-state index contributed by atoms with van der Waals surface area (Å²) in [6.45, 7) is 6.27. The summed E-state index contributed by atoms with van der Waals surface area (Å²) >= 11 is 0. The molecule has 2 saturated carbocycles. The molecule has 0 amide bonds. The molecule has 0 aromatic heterocycles. The van der Waals surface area contributed by atoms with Gasteiger partial charge in [-0.2, -0.15) is 0 Å².